The van der Waals surface area contributed by atoms with Gasteiger partial charge in [-0.2, -0.15) is 0 Å². The van der Waals surface area contributed by atoms with E-state index in [2.05, 4.69) is 20.6 Å². The highest BCUT2D eigenvalue weighted by molar-refractivity contribution is 7.13. The molecule has 1 aromatic carbocycles. The molecule has 2 aliphatic rings. The average Bonchev–Trinajstić information content (AvgIpc) is 3.33. The molecular weight excluding hydrogens is 604 g/mol. The van der Waals surface area contributed by atoms with E-state index < -0.39 is 35.1 Å². The maximum Gasteiger partial charge on any atom is 0.307 e. The Morgan fingerprint density at radius 2 is 1.78 bits per heavy atom. The fraction of sp³-hybridized carbons (Fsp3) is 0.588. The number of esters is 1. The van der Waals surface area contributed by atoms with E-state index in [4.69, 9.17) is 9.47 Å². The summed E-state index contributed by atoms with van der Waals surface area (Å²) in [6.07, 6.45) is 3.95. The van der Waals surface area contributed by atoms with Crippen molar-refractivity contribution in [3.63, 3.8) is 0 Å². The Labute approximate surface area is 275 Å². The lowest BCUT2D eigenvalue weighted by Crippen LogP contribution is -2.51. The van der Waals surface area contributed by atoms with Gasteiger partial charge < -0.3 is 19.7 Å². The summed E-state index contributed by atoms with van der Waals surface area (Å²) in [5, 5.41) is 11.8. The van der Waals surface area contributed by atoms with Crippen LogP contribution >= 0.6 is 11.3 Å². The molecule has 1 saturated heterocycles. The summed E-state index contributed by atoms with van der Waals surface area (Å²) in [4.78, 5) is 48.2. The standard InChI is InChI=1S/C34H46N6O5S/c1-20-29(46-19-35-20)23-13-11-21(12-14-23)25(16-28(41)44-8)36-31(42)27-15-24(45-34(5,6)7)17-39(27)32(43)30(33(2,3)4)40-18-26(37-38-40)22-9-10-22/h11-14,18-19,22,24-25,27,30H,9-10,15-17H2,1-8H3,(H,36,42)/t24-,25-,27-,30+/m0/s1. The number of nitrogens with one attached hydrogen (secondary N) is 1. The number of hydrogen-bond acceptors (Lipinski definition) is 9. The molecule has 0 spiro atoms. The molecule has 3 aromatic rings. The minimum absolute atomic E-state index is 0.0583. The predicted octanol–water partition coefficient (Wildman–Crippen LogP) is 5.38. The number of ether oxygens (including phenoxy) is 2. The molecule has 1 N–H and O–H groups in total. The van der Waals surface area contributed by atoms with Crippen molar-refractivity contribution in [2.75, 3.05) is 13.7 Å². The summed E-state index contributed by atoms with van der Waals surface area (Å²) in [6, 6.07) is 5.60. The molecule has 0 bridgehead atoms. The first-order chi connectivity index (χ1) is 21.6. The zero-order valence-corrected chi connectivity index (χ0v) is 28.9. The van der Waals surface area contributed by atoms with Crippen LogP contribution in [0.5, 0.6) is 0 Å². The van der Waals surface area contributed by atoms with Crippen molar-refractivity contribution in [3.8, 4) is 10.4 Å². The number of aromatic nitrogens is 4. The molecule has 4 atom stereocenters. The van der Waals surface area contributed by atoms with Crippen LogP contribution in [-0.2, 0) is 23.9 Å². The number of amides is 2. The number of thiazole rings is 1. The number of nitrogens with zero attached hydrogens (tertiary/aromatic N) is 5. The molecule has 46 heavy (non-hydrogen) atoms. The highest BCUT2D eigenvalue weighted by Gasteiger charge is 2.47. The van der Waals surface area contributed by atoms with Crippen LogP contribution in [0.4, 0.5) is 0 Å². The normalized spacial score (nSPS) is 20.0. The van der Waals surface area contributed by atoms with E-state index in [9.17, 15) is 14.4 Å². The zero-order valence-electron chi connectivity index (χ0n) is 28.1. The van der Waals surface area contributed by atoms with E-state index in [0.29, 0.717) is 12.3 Å². The number of methoxy groups -OCH3 is 1. The van der Waals surface area contributed by atoms with Crippen molar-refractivity contribution in [2.45, 2.75) is 110 Å². The highest BCUT2D eigenvalue weighted by atomic mass is 32.1. The quantitative estimate of drug-likeness (QED) is 0.290. The van der Waals surface area contributed by atoms with Crippen LogP contribution in [0, 0.1) is 12.3 Å². The smallest absolute Gasteiger partial charge is 0.307 e. The second-order valence-electron chi connectivity index (χ2n) is 14.5. The Morgan fingerprint density at radius 3 is 2.35 bits per heavy atom. The first-order valence-electron chi connectivity index (χ1n) is 15.9. The number of benzene rings is 1. The molecule has 1 aliphatic heterocycles. The molecule has 248 valence electrons. The lowest BCUT2D eigenvalue weighted by Gasteiger charge is -2.35. The summed E-state index contributed by atoms with van der Waals surface area (Å²) < 4.78 is 13.0. The lowest BCUT2D eigenvalue weighted by molar-refractivity contribution is -0.145. The van der Waals surface area contributed by atoms with Gasteiger partial charge in [0.15, 0.2) is 0 Å². The maximum absolute atomic E-state index is 14.5. The molecule has 2 aromatic heterocycles. The van der Waals surface area contributed by atoms with E-state index in [1.807, 2.05) is 84.4 Å². The largest absolute Gasteiger partial charge is 0.469 e. The van der Waals surface area contributed by atoms with Crippen molar-refractivity contribution in [1.82, 2.24) is 30.2 Å². The SMILES string of the molecule is COC(=O)C[C@H](NC(=O)[C@@H]1C[C@H](OC(C)(C)C)CN1C(=O)[C@@H](n1cc(C2CC2)nn1)C(C)(C)C)c1ccc(-c2scnc2C)cc1. The van der Waals surface area contributed by atoms with Gasteiger partial charge in [-0.15, -0.1) is 16.4 Å². The fourth-order valence-corrected chi connectivity index (χ4v) is 6.92. The Hall–Kier alpha value is -3.64. The molecule has 0 radical (unpaired) electrons. The van der Waals surface area contributed by atoms with Gasteiger partial charge in [0.05, 0.1) is 53.1 Å². The topological polar surface area (TPSA) is 129 Å². The van der Waals surface area contributed by atoms with Crippen LogP contribution in [0.3, 0.4) is 0 Å². The summed E-state index contributed by atoms with van der Waals surface area (Å²) in [6.45, 7) is 14.1. The monoisotopic (exact) mass is 650 g/mol. The Morgan fingerprint density at radius 1 is 1.09 bits per heavy atom. The Bertz CT molecular complexity index is 1550. The van der Waals surface area contributed by atoms with E-state index in [1.54, 1.807) is 20.9 Å². The first-order valence-corrected chi connectivity index (χ1v) is 16.8. The second-order valence-corrected chi connectivity index (χ2v) is 15.3. The lowest BCUT2D eigenvalue weighted by atomic mass is 9.85. The van der Waals surface area contributed by atoms with Gasteiger partial charge in [-0.3, -0.25) is 14.4 Å². The van der Waals surface area contributed by atoms with Crippen LogP contribution < -0.4 is 5.32 Å². The molecule has 1 aliphatic carbocycles. The molecule has 2 fully saturated rings. The third-order valence-corrected chi connectivity index (χ3v) is 9.42. The number of hydrogen-bond donors (Lipinski definition) is 1. The van der Waals surface area contributed by atoms with Crippen LogP contribution in [-0.4, -0.2) is 74.1 Å². The molecule has 11 nitrogen and oxygen atoms in total. The predicted molar refractivity (Wildman–Crippen MR) is 175 cm³/mol. The molecule has 0 unspecified atom stereocenters. The molecule has 2 amide bonds. The van der Waals surface area contributed by atoms with Gasteiger partial charge in [0, 0.05) is 25.1 Å². The number of likely N-dealkylation sites (tertiary alicyclic amines) is 1. The number of carbonyl (C=O) groups excluding carboxylic acids is 3. The molecule has 1 saturated carbocycles. The van der Waals surface area contributed by atoms with Gasteiger partial charge in [0.1, 0.15) is 12.1 Å². The van der Waals surface area contributed by atoms with Gasteiger partial charge >= 0.3 is 5.97 Å². The molecular formula is C34H46N6O5S. The van der Waals surface area contributed by atoms with Crippen molar-refractivity contribution in [1.29, 1.82) is 0 Å². The van der Waals surface area contributed by atoms with Crippen molar-refractivity contribution in [2.24, 2.45) is 5.41 Å². The highest BCUT2D eigenvalue weighted by Crippen LogP contribution is 2.41. The summed E-state index contributed by atoms with van der Waals surface area (Å²) in [7, 11) is 1.33. The van der Waals surface area contributed by atoms with Gasteiger partial charge in [0.2, 0.25) is 11.8 Å². The van der Waals surface area contributed by atoms with E-state index in [0.717, 1.165) is 40.2 Å². The van der Waals surface area contributed by atoms with Crippen LogP contribution in [0.1, 0.15) is 102 Å². The summed E-state index contributed by atoms with van der Waals surface area (Å²) >= 11 is 1.56. The van der Waals surface area contributed by atoms with E-state index >= 15 is 0 Å². The van der Waals surface area contributed by atoms with Crippen molar-refractivity contribution >= 4 is 29.1 Å². The maximum atomic E-state index is 14.5. The molecule has 5 rings (SSSR count). The molecule has 3 heterocycles. The van der Waals surface area contributed by atoms with Crippen LogP contribution in [0.25, 0.3) is 10.4 Å². The number of carbonyl (C=O) groups is 3. The minimum atomic E-state index is -0.810. The third kappa shape index (κ3) is 7.83. The van der Waals surface area contributed by atoms with Crippen LogP contribution in [0.15, 0.2) is 36.0 Å². The fourth-order valence-electron chi connectivity index (χ4n) is 6.11. The Kier molecular flexibility index (Phi) is 9.70. The van der Waals surface area contributed by atoms with Gasteiger partial charge in [-0.1, -0.05) is 50.3 Å². The zero-order chi connectivity index (χ0) is 33.4. The van der Waals surface area contributed by atoms with Crippen molar-refractivity contribution < 1.29 is 23.9 Å². The van der Waals surface area contributed by atoms with E-state index in [1.165, 1.54) is 7.11 Å². The van der Waals surface area contributed by atoms with Gasteiger partial charge in [0.25, 0.3) is 0 Å². The second kappa shape index (κ2) is 13.2. The van der Waals surface area contributed by atoms with E-state index in [-0.39, 0.29) is 30.9 Å². The average molecular weight is 651 g/mol. The van der Waals surface area contributed by atoms with Crippen molar-refractivity contribution in [3.05, 3.63) is 52.9 Å². The van der Waals surface area contributed by atoms with Crippen LogP contribution in [0.2, 0.25) is 0 Å². The van der Waals surface area contributed by atoms with Gasteiger partial charge in [-0.05, 0) is 57.1 Å². The summed E-state index contributed by atoms with van der Waals surface area (Å²) in [5.74, 6) is -0.624. The number of rotatable bonds is 10. The Balaban J connectivity index is 1.42. The van der Waals surface area contributed by atoms with Gasteiger partial charge in [-0.25, -0.2) is 9.67 Å². The molecule has 12 heteroatoms. The number of aryl methyl sites for hydroxylation is 1. The minimum Gasteiger partial charge on any atom is -0.469 e. The third-order valence-electron chi connectivity index (χ3n) is 8.45. The summed E-state index contributed by atoms with van der Waals surface area (Å²) in [5.41, 5.74) is 4.43. The first kappa shape index (κ1) is 33.7.